The predicted molar refractivity (Wildman–Crippen MR) is 20.5 cm³/mol. The first kappa shape index (κ1) is 24.5. The molecule has 0 rings (SSSR count). The van der Waals surface area contributed by atoms with Crippen LogP contribution in [0.5, 0.6) is 0 Å². The number of hydrogen-bond acceptors (Lipinski definition) is 6. The quantitative estimate of drug-likeness (QED) is 0.375. The molecular weight excluding hydrogens is 241 g/mol. The SMILES string of the molecule is NP(=O)([O-])OP(=O)([O-])[O-].[Na+].[Na+].[Na+]. The van der Waals surface area contributed by atoms with Gasteiger partial charge in [0.1, 0.15) is 0 Å². The average molecular weight is 243 g/mol. The Bertz CT molecular complexity index is 161. The maximum Gasteiger partial charge on any atom is 1.00 e. The van der Waals surface area contributed by atoms with Gasteiger partial charge in [-0.15, -0.1) is 0 Å². The zero-order valence-corrected chi connectivity index (χ0v) is 14.7. The second-order valence-electron chi connectivity index (χ2n) is 1.07. The molecule has 0 amide bonds. The van der Waals surface area contributed by atoms with Crippen molar-refractivity contribution in [3.8, 4) is 0 Å². The fourth-order valence-electron chi connectivity index (χ4n) is 0.139. The zero-order valence-electron chi connectivity index (χ0n) is 6.92. The van der Waals surface area contributed by atoms with E-state index in [9.17, 15) is 23.8 Å². The minimum absolute atomic E-state index is 0. The van der Waals surface area contributed by atoms with Crippen molar-refractivity contribution in [3.05, 3.63) is 0 Å². The number of phosphoric acid groups is 1. The summed E-state index contributed by atoms with van der Waals surface area (Å²) < 4.78 is 21.9. The fourth-order valence-corrected chi connectivity index (χ4v) is 1.25. The number of nitrogens with two attached hydrogens (primary N) is 1. The van der Waals surface area contributed by atoms with Crippen LogP contribution in [-0.4, -0.2) is 0 Å². The maximum atomic E-state index is 9.66. The van der Waals surface area contributed by atoms with Gasteiger partial charge in [0.05, 0.1) is 7.82 Å². The van der Waals surface area contributed by atoms with Crippen molar-refractivity contribution in [3.63, 3.8) is 0 Å². The van der Waals surface area contributed by atoms with Crippen molar-refractivity contribution in [2.45, 2.75) is 0 Å². The third-order valence-corrected chi connectivity index (χ3v) is 1.92. The van der Waals surface area contributed by atoms with Crippen molar-refractivity contribution < 1.29 is 117 Å². The predicted octanol–water partition coefficient (Wildman–Crippen LogP) is -11.7. The second kappa shape index (κ2) is 9.48. The van der Waals surface area contributed by atoms with Crippen LogP contribution in [0.15, 0.2) is 0 Å². The first-order valence-corrected chi connectivity index (χ1v) is 4.61. The summed E-state index contributed by atoms with van der Waals surface area (Å²) in [5, 5.41) is 0. The van der Waals surface area contributed by atoms with Gasteiger partial charge in [-0.05, 0) is 0 Å². The summed E-state index contributed by atoms with van der Waals surface area (Å²) >= 11 is 0. The van der Waals surface area contributed by atoms with E-state index in [0.29, 0.717) is 0 Å². The van der Waals surface area contributed by atoms with Gasteiger partial charge in [-0.2, -0.15) is 0 Å². The molecule has 0 fully saturated rings. The van der Waals surface area contributed by atoms with Crippen molar-refractivity contribution in [2.75, 3.05) is 0 Å². The molecule has 56 valence electrons. The Hall–Kier alpha value is 3.26. The molecule has 0 heterocycles. The molecule has 0 bridgehead atoms. The average Bonchev–Trinajstić information content (AvgIpc) is 1.14. The van der Waals surface area contributed by atoms with E-state index in [1.807, 2.05) is 0 Å². The molecule has 0 aromatic rings. The monoisotopic (exact) mass is 243 g/mol. The molecule has 1 atom stereocenters. The molecule has 0 saturated heterocycles. The van der Waals surface area contributed by atoms with Gasteiger partial charge in [0.15, 0.2) is 0 Å². The van der Waals surface area contributed by atoms with Crippen molar-refractivity contribution in [2.24, 2.45) is 5.50 Å². The van der Waals surface area contributed by atoms with Crippen LogP contribution in [0.4, 0.5) is 0 Å². The summed E-state index contributed by atoms with van der Waals surface area (Å²) in [6.07, 6.45) is 0. The second-order valence-corrected chi connectivity index (χ2v) is 3.70. The molecule has 0 aliphatic carbocycles. The van der Waals surface area contributed by atoms with E-state index in [1.54, 1.807) is 0 Å². The van der Waals surface area contributed by atoms with E-state index >= 15 is 0 Å². The van der Waals surface area contributed by atoms with Crippen LogP contribution in [0.25, 0.3) is 0 Å². The maximum absolute atomic E-state index is 9.66. The van der Waals surface area contributed by atoms with Crippen LogP contribution < -0.4 is 109 Å². The van der Waals surface area contributed by atoms with E-state index < -0.39 is 15.6 Å². The zero-order chi connectivity index (χ0) is 7.71. The standard InChI is InChI=1S/H5NO6P2.3Na/c1-8(2,3)7-9(4,5)6;;;/h(H3,1,2,3)(H2,4,5,6);;;/q;3*+1/p-3. The molecular formula is H2NNa3O6P2. The summed E-state index contributed by atoms with van der Waals surface area (Å²) in [4.78, 5) is 28.5. The number of hydrogen-bond donors (Lipinski definition) is 1. The first-order chi connectivity index (χ1) is 3.71. The van der Waals surface area contributed by atoms with Crippen LogP contribution in [-0.2, 0) is 13.4 Å². The van der Waals surface area contributed by atoms with Gasteiger partial charge in [-0.1, -0.05) is 0 Å². The van der Waals surface area contributed by atoms with Gasteiger partial charge in [0, 0.05) is 0 Å². The van der Waals surface area contributed by atoms with Crippen LogP contribution in [0.2, 0.25) is 0 Å². The minimum Gasteiger partial charge on any atom is -0.790 e. The molecule has 0 saturated carbocycles. The van der Waals surface area contributed by atoms with E-state index in [4.69, 9.17) is 0 Å². The van der Waals surface area contributed by atoms with Gasteiger partial charge < -0.3 is 19.2 Å². The van der Waals surface area contributed by atoms with Crippen LogP contribution in [0.3, 0.4) is 0 Å². The Morgan fingerprint density at radius 1 is 1.00 bits per heavy atom. The topological polar surface area (TPSA) is 139 Å². The van der Waals surface area contributed by atoms with Gasteiger partial charge in [0.25, 0.3) is 0 Å². The van der Waals surface area contributed by atoms with E-state index in [0.717, 1.165) is 0 Å². The molecule has 12 heteroatoms. The van der Waals surface area contributed by atoms with Crippen LogP contribution >= 0.6 is 15.6 Å². The van der Waals surface area contributed by atoms with Crippen molar-refractivity contribution in [1.82, 2.24) is 0 Å². The van der Waals surface area contributed by atoms with Gasteiger partial charge in [-0.3, -0.25) is 14.4 Å². The first-order valence-electron chi connectivity index (χ1n) is 1.54. The smallest absolute Gasteiger partial charge is 0.790 e. The third-order valence-electron chi connectivity index (χ3n) is 0.214. The summed E-state index contributed by atoms with van der Waals surface area (Å²) in [6, 6.07) is 0. The Morgan fingerprint density at radius 2 is 1.25 bits per heavy atom. The summed E-state index contributed by atoms with van der Waals surface area (Å²) in [6.45, 7) is 0. The normalized spacial score (nSPS) is 14.3. The Labute approximate surface area is 136 Å². The Morgan fingerprint density at radius 3 is 1.25 bits per heavy atom. The summed E-state index contributed by atoms with van der Waals surface area (Å²) in [5.74, 6) is 0. The third kappa shape index (κ3) is 23.2. The Kier molecular flexibility index (Phi) is 19.3. The molecule has 0 radical (unpaired) electrons. The van der Waals surface area contributed by atoms with Gasteiger partial charge >= 0.3 is 88.7 Å². The fraction of sp³-hybridized carbons (Fsp3) is 0. The van der Waals surface area contributed by atoms with Gasteiger partial charge in [-0.25, -0.2) is 0 Å². The molecule has 12 heavy (non-hydrogen) atoms. The molecule has 0 aromatic carbocycles. The van der Waals surface area contributed by atoms with Crippen molar-refractivity contribution >= 4 is 15.6 Å². The van der Waals surface area contributed by atoms with Crippen molar-refractivity contribution in [1.29, 1.82) is 0 Å². The van der Waals surface area contributed by atoms with E-state index in [1.165, 1.54) is 0 Å². The van der Waals surface area contributed by atoms with E-state index in [-0.39, 0.29) is 88.7 Å². The molecule has 7 nitrogen and oxygen atoms in total. The molecule has 0 aliphatic heterocycles. The minimum atomic E-state index is -5.49. The van der Waals surface area contributed by atoms with Gasteiger partial charge in [0.2, 0.25) is 7.75 Å². The summed E-state index contributed by atoms with van der Waals surface area (Å²) in [7, 11) is -10.4. The molecule has 0 aromatic heterocycles. The van der Waals surface area contributed by atoms with Crippen LogP contribution in [0.1, 0.15) is 0 Å². The molecule has 0 aliphatic rings. The Balaban J connectivity index is -0.000000107. The molecule has 0 spiro atoms. The van der Waals surface area contributed by atoms with E-state index in [2.05, 4.69) is 9.81 Å². The van der Waals surface area contributed by atoms with Crippen LogP contribution in [0, 0.1) is 0 Å². The summed E-state index contributed by atoms with van der Waals surface area (Å²) in [5.41, 5.74) is 4.03. The molecule has 1 unspecified atom stereocenters. The largest absolute Gasteiger partial charge is 1.00 e. The number of rotatable bonds is 2. The molecule has 2 N–H and O–H groups in total.